The van der Waals surface area contributed by atoms with Crippen LogP contribution in [0.4, 0.5) is 74.6 Å². The molecule has 1 unspecified atom stereocenters. The molecule has 0 rings (SSSR count). The molecule has 0 saturated carbocycles. The monoisotopic (exact) mass is 478 g/mol. The van der Waals surface area contributed by atoms with Crippen molar-refractivity contribution in [2.75, 3.05) is 6.61 Å². The maximum atomic E-state index is 13.6. The Hall–Kier alpha value is -1.23. The molecule has 0 aromatic rings. The highest BCUT2D eigenvalue weighted by Gasteiger charge is 2.95. The summed E-state index contributed by atoms with van der Waals surface area (Å²) in [6, 6.07) is 0. The highest BCUT2D eigenvalue weighted by molar-refractivity contribution is 5.14. The molecule has 0 amide bonds. The summed E-state index contributed by atoms with van der Waals surface area (Å²) in [6.07, 6.45) is -16.0. The molecule has 176 valence electrons. The first-order valence-corrected chi connectivity index (χ1v) is 6.66. The summed E-state index contributed by atoms with van der Waals surface area (Å²) >= 11 is 0. The number of rotatable bonds is 8. The van der Waals surface area contributed by atoms with Gasteiger partial charge in [-0.25, -0.2) is 0 Å². The second kappa shape index (κ2) is 7.18. The average Bonchev–Trinajstić information content (AvgIpc) is 2.49. The SMILES string of the molecule is CCCOC(F)(C(F)(F)F)C(F)(F)C(F)(F)C(F)(F)C(F)(F)C(F)(F)C(F)(F)F. The average molecular weight is 478 g/mol. The predicted molar refractivity (Wildman–Crippen MR) is 56.9 cm³/mol. The Morgan fingerprint density at radius 1 is 0.448 bits per heavy atom. The molecule has 0 N–H and O–H groups in total. The molecule has 0 aliphatic heterocycles. The van der Waals surface area contributed by atoms with Crippen molar-refractivity contribution in [2.45, 2.75) is 61.2 Å². The lowest BCUT2D eigenvalue weighted by Crippen LogP contribution is -2.75. The van der Waals surface area contributed by atoms with Gasteiger partial charge in [0.15, 0.2) is 0 Å². The molecule has 0 radical (unpaired) electrons. The van der Waals surface area contributed by atoms with Gasteiger partial charge in [0.05, 0.1) is 6.61 Å². The smallest absolute Gasteiger partial charge is 0.334 e. The molecule has 29 heavy (non-hydrogen) atoms. The van der Waals surface area contributed by atoms with Crippen LogP contribution in [0.1, 0.15) is 13.3 Å². The summed E-state index contributed by atoms with van der Waals surface area (Å²) in [7, 11) is 0. The summed E-state index contributed by atoms with van der Waals surface area (Å²) in [5.74, 6) is -48.9. The quantitative estimate of drug-likeness (QED) is 0.368. The van der Waals surface area contributed by atoms with Gasteiger partial charge in [0.25, 0.3) is 0 Å². The van der Waals surface area contributed by atoms with Crippen molar-refractivity contribution in [3.8, 4) is 0 Å². The van der Waals surface area contributed by atoms with Crippen molar-refractivity contribution in [2.24, 2.45) is 0 Å². The standard InChI is InChI=1S/C11H7F17O/c1-2-3-29-9(22,11(26,27)28)7(18,19)5(14,15)4(12,13)6(16,17)8(20,21)10(23,24)25/h2-3H2,1H3. The first kappa shape index (κ1) is 27.8. The molecule has 0 fully saturated rings. The third-order valence-corrected chi connectivity index (χ3v) is 3.21. The van der Waals surface area contributed by atoms with Gasteiger partial charge in [0.1, 0.15) is 0 Å². The van der Waals surface area contributed by atoms with Gasteiger partial charge < -0.3 is 4.74 Å². The Balaban J connectivity index is 6.77. The van der Waals surface area contributed by atoms with Gasteiger partial charge in [-0.1, -0.05) is 6.92 Å². The molecule has 0 bridgehead atoms. The number of alkyl halides is 17. The Kier molecular flexibility index (Phi) is 6.87. The lowest BCUT2D eigenvalue weighted by Gasteiger charge is -2.43. The fraction of sp³-hybridized carbons (Fsp3) is 1.00. The first-order chi connectivity index (χ1) is 12.3. The van der Waals surface area contributed by atoms with E-state index in [0.717, 1.165) is 6.92 Å². The zero-order valence-electron chi connectivity index (χ0n) is 13.2. The molecule has 1 nitrogen and oxygen atoms in total. The minimum absolute atomic E-state index is 0.750. The van der Waals surface area contributed by atoms with Crippen LogP contribution in [0.25, 0.3) is 0 Å². The van der Waals surface area contributed by atoms with E-state index < -0.39 is 60.8 Å². The molecule has 0 aromatic heterocycles. The van der Waals surface area contributed by atoms with Crippen LogP contribution in [0.2, 0.25) is 0 Å². The fourth-order valence-corrected chi connectivity index (χ4v) is 1.56. The summed E-state index contributed by atoms with van der Waals surface area (Å²) in [5.41, 5.74) is 0. The minimum Gasteiger partial charge on any atom is -0.334 e. The Bertz CT molecular complexity index is 573. The van der Waals surface area contributed by atoms with E-state index in [9.17, 15) is 74.6 Å². The predicted octanol–water partition coefficient (Wildman–Crippen LogP) is 6.38. The number of halogens is 17. The Labute approximate surface area is 148 Å². The molecule has 0 aromatic carbocycles. The molecule has 1 atom stereocenters. The molecular formula is C11H7F17O. The van der Waals surface area contributed by atoms with E-state index >= 15 is 0 Å². The van der Waals surface area contributed by atoms with Crippen LogP contribution >= 0.6 is 0 Å². The maximum Gasteiger partial charge on any atom is 0.460 e. The molecule has 0 spiro atoms. The van der Waals surface area contributed by atoms with Gasteiger partial charge in [-0.15, -0.1) is 0 Å². The van der Waals surface area contributed by atoms with Crippen LogP contribution in [-0.2, 0) is 4.74 Å². The largest absolute Gasteiger partial charge is 0.460 e. The lowest BCUT2D eigenvalue weighted by atomic mass is 9.90. The van der Waals surface area contributed by atoms with Crippen LogP contribution in [-0.4, -0.2) is 54.4 Å². The van der Waals surface area contributed by atoms with E-state index in [-0.39, 0.29) is 0 Å². The van der Waals surface area contributed by atoms with Gasteiger partial charge in [0, 0.05) is 0 Å². The third-order valence-electron chi connectivity index (χ3n) is 3.21. The van der Waals surface area contributed by atoms with Gasteiger partial charge in [-0.3, -0.25) is 0 Å². The van der Waals surface area contributed by atoms with Crippen molar-refractivity contribution in [3.05, 3.63) is 0 Å². The molecule has 18 heteroatoms. The normalized spacial score (nSPS) is 18.0. The Morgan fingerprint density at radius 2 is 0.759 bits per heavy atom. The van der Waals surface area contributed by atoms with E-state index in [1.165, 1.54) is 0 Å². The van der Waals surface area contributed by atoms with Gasteiger partial charge >= 0.3 is 47.8 Å². The van der Waals surface area contributed by atoms with E-state index in [4.69, 9.17) is 0 Å². The highest BCUT2D eigenvalue weighted by Crippen LogP contribution is 2.63. The zero-order valence-corrected chi connectivity index (χ0v) is 13.2. The zero-order chi connectivity index (χ0) is 24.1. The first-order valence-electron chi connectivity index (χ1n) is 6.66. The van der Waals surface area contributed by atoms with E-state index in [0.29, 0.717) is 0 Å². The molecule has 0 aliphatic rings. The lowest BCUT2D eigenvalue weighted by molar-refractivity contribution is -0.482. The van der Waals surface area contributed by atoms with Crippen molar-refractivity contribution in [1.82, 2.24) is 0 Å². The number of hydrogen-bond donors (Lipinski definition) is 0. The molecular weight excluding hydrogens is 471 g/mol. The second-order valence-electron chi connectivity index (χ2n) is 5.31. The van der Waals surface area contributed by atoms with Crippen LogP contribution in [0.5, 0.6) is 0 Å². The number of hydrogen-bond acceptors (Lipinski definition) is 1. The summed E-state index contributed by atoms with van der Waals surface area (Å²) in [4.78, 5) is 0. The van der Waals surface area contributed by atoms with Gasteiger partial charge in [-0.05, 0) is 6.42 Å². The van der Waals surface area contributed by atoms with Crippen LogP contribution in [0, 0.1) is 0 Å². The number of ether oxygens (including phenoxy) is 1. The topological polar surface area (TPSA) is 9.23 Å². The fourth-order valence-electron chi connectivity index (χ4n) is 1.56. The molecule has 0 heterocycles. The minimum atomic E-state index is -8.57. The van der Waals surface area contributed by atoms with E-state index in [1.807, 2.05) is 0 Å². The van der Waals surface area contributed by atoms with Gasteiger partial charge in [0.2, 0.25) is 0 Å². The molecule has 0 saturated heterocycles. The van der Waals surface area contributed by atoms with E-state index in [1.54, 1.807) is 0 Å². The van der Waals surface area contributed by atoms with Crippen LogP contribution < -0.4 is 0 Å². The van der Waals surface area contributed by atoms with Crippen molar-refractivity contribution in [1.29, 1.82) is 0 Å². The second-order valence-corrected chi connectivity index (χ2v) is 5.31. The third kappa shape index (κ3) is 3.68. The summed E-state index contributed by atoms with van der Waals surface area (Å²) < 4.78 is 221. The Morgan fingerprint density at radius 3 is 1.03 bits per heavy atom. The van der Waals surface area contributed by atoms with Gasteiger partial charge in [-0.2, -0.15) is 74.6 Å². The van der Waals surface area contributed by atoms with E-state index in [2.05, 4.69) is 4.74 Å². The summed E-state index contributed by atoms with van der Waals surface area (Å²) in [5, 5.41) is 0. The van der Waals surface area contributed by atoms with Crippen molar-refractivity contribution < 1.29 is 79.4 Å². The molecule has 0 aliphatic carbocycles. The van der Waals surface area contributed by atoms with Crippen molar-refractivity contribution in [3.63, 3.8) is 0 Å². The highest BCUT2D eigenvalue weighted by atomic mass is 19.4. The maximum absolute atomic E-state index is 13.6. The summed E-state index contributed by atoms with van der Waals surface area (Å²) in [6.45, 7) is -1.11. The van der Waals surface area contributed by atoms with Crippen LogP contribution in [0.3, 0.4) is 0 Å². The van der Waals surface area contributed by atoms with Crippen LogP contribution in [0.15, 0.2) is 0 Å². The van der Waals surface area contributed by atoms with Crippen molar-refractivity contribution >= 4 is 0 Å².